The highest BCUT2D eigenvalue weighted by molar-refractivity contribution is 7.80. The minimum Gasteiger partial charge on any atom is -0.478 e. The maximum absolute atomic E-state index is 10.7. The van der Waals surface area contributed by atoms with E-state index in [4.69, 9.17) is 16.7 Å². The fourth-order valence-electron chi connectivity index (χ4n) is 0.984. The van der Waals surface area contributed by atoms with Crippen LogP contribution in [0, 0.1) is 0 Å². The van der Waals surface area contributed by atoms with Gasteiger partial charge in [0.25, 0.3) is 0 Å². The molecule has 0 amide bonds. The Hall–Kier alpha value is -0.930. The monoisotopic (exact) mass is 228 g/mol. The molecule has 2 nitrogen and oxygen atoms in total. The van der Waals surface area contributed by atoms with Crippen molar-refractivity contribution in [1.82, 2.24) is 0 Å². The highest BCUT2D eigenvalue weighted by Crippen LogP contribution is 2.19. The van der Waals surface area contributed by atoms with Crippen molar-refractivity contribution in [3.05, 3.63) is 40.4 Å². The summed E-state index contributed by atoms with van der Waals surface area (Å²) < 4.78 is 0. The number of carbonyl (C=O) groups is 1. The average Bonchev–Trinajstić information content (AvgIpc) is 2.16. The van der Waals surface area contributed by atoms with E-state index in [0.717, 1.165) is 0 Å². The molecule has 0 atom stereocenters. The molecule has 0 saturated heterocycles. The molecule has 0 heterocycles. The lowest BCUT2D eigenvalue weighted by Crippen LogP contribution is -1.96. The van der Waals surface area contributed by atoms with Gasteiger partial charge >= 0.3 is 5.97 Å². The molecule has 0 aromatic heterocycles. The van der Waals surface area contributed by atoms with E-state index >= 15 is 0 Å². The van der Waals surface area contributed by atoms with Crippen molar-refractivity contribution in [3.8, 4) is 0 Å². The van der Waals surface area contributed by atoms with Gasteiger partial charge in [-0.15, -0.1) is 0 Å². The van der Waals surface area contributed by atoms with E-state index in [9.17, 15) is 4.79 Å². The zero-order valence-corrected chi connectivity index (χ0v) is 8.92. The van der Waals surface area contributed by atoms with Crippen molar-refractivity contribution in [3.63, 3.8) is 0 Å². The van der Waals surface area contributed by atoms with Gasteiger partial charge in [-0.1, -0.05) is 23.8 Å². The van der Waals surface area contributed by atoms with Gasteiger partial charge in [0, 0.05) is 10.8 Å². The standard InChI is InChI=1S/C10H9ClO2S/c11-9-4-3-8(10(12)13)6-7(9)2-1-5-14/h1-4,6,14H,5H2,(H,12,13). The zero-order chi connectivity index (χ0) is 10.6. The van der Waals surface area contributed by atoms with Crippen molar-refractivity contribution in [1.29, 1.82) is 0 Å². The Labute approximate surface area is 92.6 Å². The van der Waals surface area contributed by atoms with Crippen molar-refractivity contribution >= 4 is 36.3 Å². The minimum absolute atomic E-state index is 0.230. The highest BCUT2D eigenvalue weighted by atomic mass is 35.5. The van der Waals surface area contributed by atoms with Crippen LogP contribution in [0.25, 0.3) is 6.08 Å². The Balaban J connectivity index is 3.08. The third kappa shape index (κ3) is 2.79. The zero-order valence-electron chi connectivity index (χ0n) is 7.27. The predicted octanol–water partition coefficient (Wildman–Crippen LogP) is 2.98. The van der Waals surface area contributed by atoms with Crippen LogP contribution in [0.2, 0.25) is 5.02 Å². The Kier molecular flexibility index (Phi) is 4.04. The maximum Gasteiger partial charge on any atom is 0.335 e. The summed E-state index contributed by atoms with van der Waals surface area (Å²) in [5, 5.41) is 9.28. The van der Waals surface area contributed by atoms with Crippen LogP contribution < -0.4 is 0 Å². The molecule has 0 fully saturated rings. The van der Waals surface area contributed by atoms with Gasteiger partial charge in [-0.2, -0.15) is 12.6 Å². The average molecular weight is 229 g/mol. The Morgan fingerprint density at radius 1 is 1.57 bits per heavy atom. The van der Waals surface area contributed by atoms with E-state index < -0.39 is 5.97 Å². The van der Waals surface area contributed by atoms with Crippen LogP contribution in [0.4, 0.5) is 0 Å². The van der Waals surface area contributed by atoms with Crippen LogP contribution in [0.3, 0.4) is 0 Å². The molecule has 1 N–H and O–H groups in total. The molecule has 14 heavy (non-hydrogen) atoms. The van der Waals surface area contributed by atoms with E-state index in [1.54, 1.807) is 18.2 Å². The molecular formula is C10H9ClO2S. The molecule has 0 aliphatic carbocycles. The highest BCUT2D eigenvalue weighted by Gasteiger charge is 2.04. The van der Waals surface area contributed by atoms with Crippen LogP contribution in [-0.2, 0) is 0 Å². The van der Waals surface area contributed by atoms with E-state index in [2.05, 4.69) is 12.6 Å². The molecule has 0 radical (unpaired) electrons. The number of carboxylic acids is 1. The normalized spacial score (nSPS) is 10.7. The molecule has 1 aromatic rings. The summed E-state index contributed by atoms with van der Waals surface area (Å²) in [6, 6.07) is 4.58. The molecule has 1 aromatic carbocycles. The minimum atomic E-state index is -0.956. The number of hydrogen-bond donors (Lipinski definition) is 2. The third-order valence-electron chi connectivity index (χ3n) is 1.65. The Morgan fingerprint density at radius 2 is 2.29 bits per heavy atom. The summed E-state index contributed by atoms with van der Waals surface area (Å²) in [5.74, 6) is -0.365. The van der Waals surface area contributed by atoms with Crippen molar-refractivity contribution in [2.75, 3.05) is 5.75 Å². The summed E-state index contributed by atoms with van der Waals surface area (Å²) >= 11 is 9.87. The first-order valence-corrected chi connectivity index (χ1v) is 4.96. The van der Waals surface area contributed by atoms with Gasteiger partial charge < -0.3 is 5.11 Å². The van der Waals surface area contributed by atoms with Gasteiger partial charge in [0.15, 0.2) is 0 Å². The van der Waals surface area contributed by atoms with E-state index in [1.807, 2.05) is 0 Å². The largest absolute Gasteiger partial charge is 0.478 e. The predicted molar refractivity (Wildman–Crippen MR) is 61.3 cm³/mol. The van der Waals surface area contributed by atoms with Crippen LogP contribution in [-0.4, -0.2) is 16.8 Å². The molecule has 1 rings (SSSR count). The molecule has 0 bridgehead atoms. The van der Waals surface area contributed by atoms with Crippen molar-refractivity contribution < 1.29 is 9.90 Å². The number of rotatable bonds is 3. The first-order chi connectivity index (χ1) is 6.65. The first kappa shape index (κ1) is 11.1. The van der Waals surface area contributed by atoms with Gasteiger partial charge in [0.1, 0.15) is 0 Å². The lowest BCUT2D eigenvalue weighted by Gasteiger charge is -1.99. The molecular weight excluding hydrogens is 220 g/mol. The van der Waals surface area contributed by atoms with Gasteiger partial charge in [-0.25, -0.2) is 4.79 Å². The SMILES string of the molecule is O=C(O)c1ccc(Cl)c(C=CCS)c1. The summed E-state index contributed by atoms with van der Waals surface area (Å²) in [6.45, 7) is 0. The molecule has 0 saturated carbocycles. The summed E-state index contributed by atoms with van der Waals surface area (Å²) in [7, 11) is 0. The third-order valence-corrected chi connectivity index (χ3v) is 2.20. The topological polar surface area (TPSA) is 37.3 Å². The lowest BCUT2D eigenvalue weighted by molar-refractivity contribution is 0.0697. The maximum atomic E-state index is 10.7. The van der Waals surface area contributed by atoms with Crippen LogP contribution in [0.15, 0.2) is 24.3 Å². The number of halogens is 1. The first-order valence-electron chi connectivity index (χ1n) is 3.95. The lowest BCUT2D eigenvalue weighted by atomic mass is 10.1. The molecule has 74 valence electrons. The van der Waals surface area contributed by atoms with Crippen LogP contribution in [0.1, 0.15) is 15.9 Å². The number of thiol groups is 1. The fraction of sp³-hybridized carbons (Fsp3) is 0.100. The van der Waals surface area contributed by atoms with Gasteiger partial charge in [0.2, 0.25) is 0 Å². The summed E-state index contributed by atoms with van der Waals surface area (Å²) in [4.78, 5) is 10.7. The second kappa shape index (κ2) is 5.08. The Bertz CT molecular complexity index is 374. The van der Waals surface area contributed by atoms with Crippen LogP contribution >= 0.6 is 24.2 Å². The second-order valence-electron chi connectivity index (χ2n) is 2.63. The number of carboxylic acid groups (broad SMARTS) is 1. The molecule has 0 aliphatic heterocycles. The molecule has 4 heteroatoms. The summed E-state index contributed by atoms with van der Waals surface area (Å²) in [6.07, 6.45) is 3.55. The summed E-state index contributed by atoms with van der Waals surface area (Å²) in [5.41, 5.74) is 0.925. The van der Waals surface area contributed by atoms with Crippen LogP contribution in [0.5, 0.6) is 0 Å². The number of aromatic carboxylic acids is 1. The Morgan fingerprint density at radius 3 is 2.86 bits per heavy atom. The van der Waals surface area contributed by atoms with E-state index in [-0.39, 0.29) is 5.56 Å². The van der Waals surface area contributed by atoms with E-state index in [1.165, 1.54) is 12.1 Å². The number of hydrogen-bond acceptors (Lipinski definition) is 2. The molecule has 0 unspecified atom stereocenters. The van der Waals surface area contributed by atoms with Crippen molar-refractivity contribution in [2.45, 2.75) is 0 Å². The van der Waals surface area contributed by atoms with Gasteiger partial charge in [-0.05, 0) is 23.8 Å². The fourth-order valence-corrected chi connectivity index (χ4v) is 1.27. The number of benzene rings is 1. The van der Waals surface area contributed by atoms with Gasteiger partial charge in [-0.3, -0.25) is 0 Å². The molecule has 0 spiro atoms. The van der Waals surface area contributed by atoms with Gasteiger partial charge in [0.05, 0.1) is 5.56 Å². The molecule has 0 aliphatic rings. The smallest absolute Gasteiger partial charge is 0.335 e. The second-order valence-corrected chi connectivity index (χ2v) is 3.40. The quantitative estimate of drug-likeness (QED) is 0.781. The van der Waals surface area contributed by atoms with Crippen molar-refractivity contribution in [2.24, 2.45) is 0 Å². The van der Waals surface area contributed by atoms with E-state index in [0.29, 0.717) is 16.3 Å².